The molecule has 0 atom stereocenters. The third kappa shape index (κ3) is 2.63. The molecule has 1 heterocycles. The fourth-order valence-corrected chi connectivity index (χ4v) is 1.46. The van der Waals surface area contributed by atoms with Crippen molar-refractivity contribution in [2.75, 3.05) is 5.32 Å². The van der Waals surface area contributed by atoms with Gasteiger partial charge in [-0.05, 0) is 18.2 Å². The number of phenols is 1. The van der Waals surface area contributed by atoms with E-state index in [-0.39, 0.29) is 22.7 Å². The van der Waals surface area contributed by atoms with Crippen molar-refractivity contribution in [2.45, 2.75) is 0 Å². The maximum absolute atomic E-state index is 11.7. The number of amides is 1. The molecule has 5 N–H and O–H groups in total. The highest BCUT2D eigenvalue weighted by atomic mass is 16.4. The van der Waals surface area contributed by atoms with Gasteiger partial charge in [-0.3, -0.25) is 4.79 Å². The van der Waals surface area contributed by atoms with Gasteiger partial charge in [0, 0.05) is 6.20 Å². The second-order valence-electron chi connectivity index (χ2n) is 3.65. The van der Waals surface area contributed by atoms with Gasteiger partial charge < -0.3 is 25.5 Å². The van der Waals surface area contributed by atoms with E-state index in [4.69, 9.17) is 5.11 Å². The predicted octanol–water partition coefficient (Wildman–Crippen LogP) is 0.359. The number of carboxylic acids is 1. The highest BCUT2D eigenvalue weighted by molar-refractivity contribution is 6.06. The fourth-order valence-electron chi connectivity index (χ4n) is 1.46. The van der Waals surface area contributed by atoms with E-state index in [1.165, 1.54) is 18.3 Å². The van der Waals surface area contributed by atoms with Crippen molar-refractivity contribution in [1.82, 2.24) is 9.97 Å². The van der Waals surface area contributed by atoms with Crippen LogP contribution in [0, 0.1) is 0 Å². The molecule has 0 aliphatic carbocycles. The summed E-state index contributed by atoms with van der Waals surface area (Å²) in [6.07, 6.45) is 1.17. The molecular weight excluding hydrogens is 254 g/mol. The lowest BCUT2D eigenvalue weighted by atomic mass is 10.1. The normalized spacial score (nSPS) is 10.1. The summed E-state index contributed by atoms with van der Waals surface area (Å²) in [5.74, 6) is -2.20. The van der Waals surface area contributed by atoms with Gasteiger partial charge >= 0.3 is 11.7 Å². The number of nitrogens with one attached hydrogen (secondary N) is 3. The van der Waals surface area contributed by atoms with E-state index in [9.17, 15) is 19.5 Å². The molecule has 8 nitrogen and oxygen atoms in total. The van der Waals surface area contributed by atoms with Crippen molar-refractivity contribution >= 4 is 17.6 Å². The van der Waals surface area contributed by atoms with Crippen molar-refractivity contribution in [3.8, 4) is 5.75 Å². The molecule has 0 spiro atoms. The molecule has 1 aromatic carbocycles. The lowest BCUT2D eigenvalue weighted by molar-refractivity contribution is 0.0697. The van der Waals surface area contributed by atoms with Gasteiger partial charge in [0.05, 0.1) is 11.3 Å². The van der Waals surface area contributed by atoms with Crippen LogP contribution in [-0.2, 0) is 0 Å². The largest absolute Gasteiger partial charge is 0.508 e. The minimum atomic E-state index is -1.30. The molecule has 0 bridgehead atoms. The first-order valence-electron chi connectivity index (χ1n) is 5.12. The predicted molar refractivity (Wildman–Crippen MR) is 64.4 cm³/mol. The van der Waals surface area contributed by atoms with E-state index in [1.807, 2.05) is 0 Å². The Kier molecular flexibility index (Phi) is 3.06. The lowest BCUT2D eigenvalue weighted by Crippen LogP contribution is -2.16. The highest BCUT2D eigenvalue weighted by Crippen LogP contribution is 2.21. The Balaban J connectivity index is 2.31. The number of aromatic amines is 2. The number of imidazole rings is 1. The molecule has 0 unspecified atom stereocenters. The van der Waals surface area contributed by atoms with Crippen LogP contribution >= 0.6 is 0 Å². The van der Waals surface area contributed by atoms with Crippen molar-refractivity contribution in [2.24, 2.45) is 0 Å². The van der Waals surface area contributed by atoms with Crippen LogP contribution in [0.2, 0.25) is 0 Å². The molecular formula is C11H9N3O5. The Morgan fingerprint density at radius 2 is 2.00 bits per heavy atom. The third-order valence-electron chi connectivity index (χ3n) is 2.32. The summed E-state index contributed by atoms with van der Waals surface area (Å²) in [6, 6.07) is 3.50. The molecule has 0 radical (unpaired) electrons. The molecule has 0 saturated carbocycles. The zero-order valence-corrected chi connectivity index (χ0v) is 9.43. The molecule has 1 amide bonds. The number of H-pyrrole nitrogens is 2. The Bertz CT molecular complexity index is 700. The smallest absolute Gasteiger partial charge is 0.337 e. The molecule has 1 aromatic heterocycles. The van der Waals surface area contributed by atoms with Crippen LogP contribution in [0.4, 0.5) is 5.69 Å². The van der Waals surface area contributed by atoms with Crippen LogP contribution in [0.5, 0.6) is 5.75 Å². The van der Waals surface area contributed by atoms with Crippen LogP contribution < -0.4 is 11.0 Å². The molecule has 8 heteroatoms. The highest BCUT2D eigenvalue weighted by Gasteiger charge is 2.15. The first-order valence-corrected chi connectivity index (χ1v) is 5.12. The van der Waals surface area contributed by atoms with Crippen molar-refractivity contribution in [1.29, 1.82) is 0 Å². The number of aromatic carboxylic acids is 1. The number of anilines is 1. The second-order valence-corrected chi connectivity index (χ2v) is 3.65. The molecule has 0 saturated heterocycles. The van der Waals surface area contributed by atoms with Gasteiger partial charge in [0.25, 0.3) is 5.91 Å². The van der Waals surface area contributed by atoms with E-state index in [2.05, 4.69) is 15.3 Å². The molecule has 0 aliphatic heterocycles. The molecule has 0 aliphatic rings. The van der Waals surface area contributed by atoms with Crippen molar-refractivity contribution in [3.05, 3.63) is 46.1 Å². The summed E-state index contributed by atoms with van der Waals surface area (Å²) in [5.41, 5.74) is -0.827. The average Bonchev–Trinajstić information content (AvgIpc) is 2.78. The Labute approximate surface area is 105 Å². The number of aromatic hydroxyl groups is 1. The minimum absolute atomic E-state index is 0.0114. The zero-order chi connectivity index (χ0) is 14.0. The van der Waals surface area contributed by atoms with E-state index < -0.39 is 17.6 Å². The minimum Gasteiger partial charge on any atom is -0.508 e. The summed E-state index contributed by atoms with van der Waals surface area (Å²) in [7, 11) is 0. The molecule has 2 aromatic rings. The van der Waals surface area contributed by atoms with Crippen molar-refractivity contribution < 1.29 is 19.8 Å². The zero-order valence-electron chi connectivity index (χ0n) is 9.43. The standard InChI is InChI=1S/C11H9N3O5/c15-5-1-2-7(6(3-5)10(17)18)13-9(16)8-4-12-11(19)14-8/h1-4,15H,(H,13,16)(H,17,18)(H2,12,14,19). The third-order valence-corrected chi connectivity index (χ3v) is 2.32. The Morgan fingerprint density at radius 1 is 1.26 bits per heavy atom. The van der Waals surface area contributed by atoms with E-state index in [0.717, 1.165) is 6.07 Å². The molecule has 98 valence electrons. The SMILES string of the molecule is O=C(Nc1ccc(O)cc1C(=O)O)c1c[nH]c(=O)[nH]1. The van der Waals surface area contributed by atoms with Gasteiger partial charge in [0.2, 0.25) is 0 Å². The van der Waals surface area contributed by atoms with E-state index >= 15 is 0 Å². The quantitative estimate of drug-likeness (QED) is 0.509. The fraction of sp³-hybridized carbons (Fsp3) is 0. The van der Waals surface area contributed by atoms with E-state index in [0.29, 0.717) is 0 Å². The Morgan fingerprint density at radius 3 is 2.58 bits per heavy atom. The van der Waals surface area contributed by atoms with Gasteiger partial charge in [0.15, 0.2) is 0 Å². The van der Waals surface area contributed by atoms with E-state index in [1.54, 1.807) is 0 Å². The number of aromatic nitrogens is 2. The number of rotatable bonds is 3. The van der Waals surface area contributed by atoms with Gasteiger partial charge in [0.1, 0.15) is 11.4 Å². The monoisotopic (exact) mass is 263 g/mol. The summed E-state index contributed by atoms with van der Waals surface area (Å²) >= 11 is 0. The molecule has 0 fully saturated rings. The van der Waals surface area contributed by atoms with Gasteiger partial charge in [-0.1, -0.05) is 0 Å². The summed E-state index contributed by atoms with van der Waals surface area (Å²) in [5, 5.41) is 20.5. The number of hydrogen-bond acceptors (Lipinski definition) is 4. The number of phenolic OH excluding ortho intramolecular Hbond substituents is 1. The molecule has 19 heavy (non-hydrogen) atoms. The average molecular weight is 263 g/mol. The lowest BCUT2D eigenvalue weighted by Gasteiger charge is -2.07. The number of carbonyl (C=O) groups excluding carboxylic acids is 1. The Hall–Kier alpha value is -3.03. The van der Waals surface area contributed by atoms with Crippen molar-refractivity contribution in [3.63, 3.8) is 0 Å². The number of benzene rings is 1. The number of carboxylic acid groups (broad SMARTS) is 1. The van der Waals surface area contributed by atoms with Crippen LogP contribution in [0.15, 0.2) is 29.2 Å². The second kappa shape index (κ2) is 4.69. The van der Waals surface area contributed by atoms with Crippen LogP contribution in [0.25, 0.3) is 0 Å². The summed E-state index contributed by atoms with van der Waals surface area (Å²) in [4.78, 5) is 38.0. The van der Waals surface area contributed by atoms with Gasteiger partial charge in [-0.15, -0.1) is 0 Å². The van der Waals surface area contributed by atoms with Gasteiger partial charge in [-0.2, -0.15) is 0 Å². The molecule has 2 rings (SSSR count). The maximum atomic E-state index is 11.7. The summed E-state index contributed by atoms with van der Waals surface area (Å²) < 4.78 is 0. The summed E-state index contributed by atoms with van der Waals surface area (Å²) in [6.45, 7) is 0. The van der Waals surface area contributed by atoms with Crippen LogP contribution in [0.3, 0.4) is 0 Å². The van der Waals surface area contributed by atoms with Crippen LogP contribution in [0.1, 0.15) is 20.8 Å². The first kappa shape index (κ1) is 12.4. The number of hydrogen-bond donors (Lipinski definition) is 5. The number of carbonyl (C=O) groups is 2. The van der Waals surface area contributed by atoms with Crippen LogP contribution in [-0.4, -0.2) is 32.1 Å². The first-order chi connectivity index (χ1) is 8.97. The topological polar surface area (TPSA) is 135 Å². The van der Waals surface area contributed by atoms with Gasteiger partial charge in [-0.25, -0.2) is 9.59 Å². The maximum Gasteiger partial charge on any atom is 0.337 e.